The molecule has 0 atom stereocenters. The summed E-state index contributed by atoms with van der Waals surface area (Å²) < 4.78 is 41.7. The Hall–Kier alpha value is -2.18. The molecular formula is C16H18F3N3O. The minimum Gasteiger partial charge on any atom is -0.312 e. The van der Waals surface area contributed by atoms with Crippen LogP contribution in [-0.4, -0.2) is 14.8 Å². The molecule has 23 heavy (non-hydrogen) atoms. The number of pyridine rings is 1. The van der Waals surface area contributed by atoms with Crippen molar-refractivity contribution < 1.29 is 13.2 Å². The van der Waals surface area contributed by atoms with Gasteiger partial charge in [0.2, 0.25) is 0 Å². The Balaban J connectivity index is 3.02. The zero-order chi connectivity index (χ0) is 17.2. The second kappa shape index (κ2) is 6.52. The first-order chi connectivity index (χ1) is 10.9. The smallest absolute Gasteiger partial charge is 0.312 e. The Morgan fingerprint density at radius 3 is 2.26 bits per heavy atom. The molecule has 4 nitrogen and oxygen atoms in total. The molecule has 2 heterocycles. The molecule has 0 radical (unpaired) electrons. The summed E-state index contributed by atoms with van der Waals surface area (Å²) in [5.41, 5.74) is -0.446. The van der Waals surface area contributed by atoms with Crippen molar-refractivity contribution in [3.63, 3.8) is 0 Å². The molecule has 0 aliphatic heterocycles. The van der Waals surface area contributed by atoms with Gasteiger partial charge in [0.05, 0.1) is 12.4 Å². The van der Waals surface area contributed by atoms with Crippen molar-refractivity contribution in [2.24, 2.45) is 0 Å². The molecule has 0 aliphatic rings. The molecule has 0 spiro atoms. The molecule has 2 rings (SSSR count). The van der Waals surface area contributed by atoms with E-state index < -0.39 is 17.3 Å². The second-order valence-corrected chi connectivity index (χ2v) is 5.06. The number of nitrogens with zero attached hydrogens (tertiary/aromatic N) is 3. The third kappa shape index (κ3) is 3.00. The summed E-state index contributed by atoms with van der Waals surface area (Å²) in [6, 6.07) is 1.62. The van der Waals surface area contributed by atoms with Crippen molar-refractivity contribution in [1.29, 1.82) is 0 Å². The van der Waals surface area contributed by atoms with E-state index in [0.717, 1.165) is 0 Å². The summed E-state index contributed by atoms with van der Waals surface area (Å²) in [5, 5.41) is 7.44. The molecule has 0 saturated heterocycles. The van der Waals surface area contributed by atoms with E-state index in [0.29, 0.717) is 23.2 Å². The Morgan fingerprint density at radius 2 is 1.83 bits per heavy atom. The number of rotatable bonds is 4. The van der Waals surface area contributed by atoms with E-state index in [4.69, 9.17) is 0 Å². The molecular weight excluding hydrogens is 307 g/mol. The molecule has 0 aliphatic carbocycles. The van der Waals surface area contributed by atoms with Crippen LogP contribution in [0.5, 0.6) is 0 Å². The van der Waals surface area contributed by atoms with Crippen LogP contribution in [0, 0.1) is 0 Å². The molecule has 0 aromatic carbocycles. The summed E-state index contributed by atoms with van der Waals surface area (Å²) in [6.07, 6.45) is -1.27. The maximum absolute atomic E-state index is 13.5. The maximum Gasteiger partial charge on any atom is 0.421 e. The lowest BCUT2D eigenvalue weighted by atomic mass is 9.92. The first-order valence-electron chi connectivity index (χ1n) is 7.49. The van der Waals surface area contributed by atoms with Gasteiger partial charge in [0.25, 0.3) is 5.56 Å². The van der Waals surface area contributed by atoms with E-state index in [1.165, 1.54) is 17.0 Å². The van der Waals surface area contributed by atoms with Crippen LogP contribution in [0.3, 0.4) is 0 Å². The average molecular weight is 325 g/mol. The fourth-order valence-electron chi connectivity index (χ4n) is 2.95. The minimum absolute atomic E-state index is 0.0250. The summed E-state index contributed by atoms with van der Waals surface area (Å²) in [7, 11) is 0. The van der Waals surface area contributed by atoms with Gasteiger partial charge in [-0.15, -0.1) is 0 Å². The van der Waals surface area contributed by atoms with Crippen LogP contribution >= 0.6 is 0 Å². The zero-order valence-corrected chi connectivity index (χ0v) is 13.2. The highest BCUT2D eigenvalue weighted by atomic mass is 19.4. The Morgan fingerprint density at radius 1 is 1.13 bits per heavy atom. The quantitative estimate of drug-likeness (QED) is 0.865. The molecule has 0 N–H and O–H groups in total. The predicted octanol–water partition coefficient (Wildman–Crippen LogP) is 3.47. The monoisotopic (exact) mass is 325 g/mol. The van der Waals surface area contributed by atoms with Gasteiger partial charge >= 0.3 is 6.18 Å². The molecule has 0 bridgehead atoms. The molecule has 2 aromatic rings. The lowest BCUT2D eigenvalue weighted by molar-refractivity contribution is -0.139. The number of hydrogen-bond donors (Lipinski definition) is 0. The van der Waals surface area contributed by atoms with Crippen LogP contribution in [0.4, 0.5) is 13.2 Å². The van der Waals surface area contributed by atoms with Gasteiger partial charge < -0.3 is 4.57 Å². The predicted molar refractivity (Wildman–Crippen MR) is 81.2 cm³/mol. The molecule has 2 aromatic heterocycles. The maximum atomic E-state index is 13.5. The Bertz CT molecular complexity index is 752. The number of aromatic nitrogens is 3. The third-order valence-corrected chi connectivity index (χ3v) is 3.84. The summed E-state index contributed by atoms with van der Waals surface area (Å²) in [4.78, 5) is 12.4. The van der Waals surface area contributed by atoms with E-state index in [2.05, 4.69) is 10.2 Å². The Kier molecular flexibility index (Phi) is 4.87. The van der Waals surface area contributed by atoms with Crippen molar-refractivity contribution in [1.82, 2.24) is 14.8 Å². The lowest BCUT2D eigenvalue weighted by Gasteiger charge is -2.22. The summed E-state index contributed by atoms with van der Waals surface area (Å²) in [5.74, 6) is 0. The topological polar surface area (TPSA) is 47.8 Å². The van der Waals surface area contributed by atoms with Crippen molar-refractivity contribution >= 4 is 0 Å². The third-order valence-electron chi connectivity index (χ3n) is 3.84. The summed E-state index contributed by atoms with van der Waals surface area (Å²) in [6.45, 7) is 5.30. The molecule has 0 saturated carbocycles. The van der Waals surface area contributed by atoms with Crippen LogP contribution in [0.25, 0.3) is 11.1 Å². The van der Waals surface area contributed by atoms with Crippen LogP contribution in [0.1, 0.15) is 37.6 Å². The lowest BCUT2D eigenvalue weighted by Crippen LogP contribution is -2.33. The highest BCUT2D eigenvalue weighted by Crippen LogP contribution is 2.36. The minimum atomic E-state index is -4.69. The van der Waals surface area contributed by atoms with Crippen molar-refractivity contribution in [2.45, 2.75) is 46.3 Å². The largest absolute Gasteiger partial charge is 0.421 e. The van der Waals surface area contributed by atoms with Gasteiger partial charge in [0.1, 0.15) is 5.56 Å². The molecule has 0 amide bonds. The van der Waals surface area contributed by atoms with E-state index in [1.807, 2.05) is 6.92 Å². The average Bonchev–Trinajstić information content (AvgIpc) is 2.52. The molecule has 0 unspecified atom stereocenters. The van der Waals surface area contributed by atoms with Gasteiger partial charge in [0.15, 0.2) is 0 Å². The van der Waals surface area contributed by atoms with Crippen LogP contribution in [-0.2, 0) is 25.6 Å². The normalized spacial score (nSPS) is 11.7. The highest BCUT2D eigenvalue weighted by Gasteiger charge is 2.39. The van der Waals surface area contributed by atoms with Crippen molar-refractivity contribution in [2.75, 3.05) is 0 Å². The first-order valence-corrected chi connectivity index (χ1v) is 7.49. The van der Waals surface area contributed by atoms with Crippen molar-refractivity contribution in [3.05, 3.63) is 45.6 Å². The SMILES string of the molecule is CCc1c(-c2ccnnc2)c(CC)n(CC)c(=O)c1C(F)(F)F. The number of alkyl halides is 3. The van der Waals surface area contributed by atoms with Gasteiger partial charge in [-0.1, -0.05) is 13.8 Å². The zero-order valence-electron chi connectivity index (χ0n) is 13.2. The fraction of sp³-hybridized carbons (Fsp3) is 0.438. The van der Waals surface area contributed by atoms with E-state index in [1.54, 1.807) is 19.9 Å². The highest BCUT2D eigenvalue weighted by molar-refractivity contribution is 5.70. The van der Waals surface area contributed by atoms with Gasteiger partial charge in [-0.2, -0.15) is 23.4 Å². The van der Waals surface area contributed by atoms with Crippen LogP contribution in [0.2, 0.25) is 0 Å². The van der Waals surface area contributed by atoms with E-state index >= 15 is 0 Å². The molecule has 124 valence electrons. The second-order valence-electron chi connectivity index (χ2n) is 5.06. The van der Waals surface area contributed by atoms with E-state index in [9.17, 15) is 18.0 Å². The van der Waals surface area contributed by atoms with Gasteiger partial charge in [-0.05, 0) is 31.4 Å². The van der Waals surface area contributed by atoms with Crippen LogP contribution < -0.4 is 5.56 Å². The van der Waals surface area contributed by atoms with Crippen molar-refractivity contribution in [3.8, 4) is 11.1 Å². The Labute approximate surface area is 132 Å². The molecule has 7 heteroatoms. The number of hydrogen-bond acceptors (Lipinski definition) is 3. The van der Waals surface area contributed by atoms with Gasteiger partial charge in [-0.25, -0.2) is 0 Å². The first kappa shape index (κ1) is 17.2. The van der Waals surface area contributed by atoms with Gasteiger partial charge in [0, 0.05) is 23.4 Å². The van der Waals surface area contributed by atoms with Crippen LogP contribution in [0.15, 0.2) is 23.3 Å². The fourth-order valence-corrected chi connectivity index (χ4v) is 2.95. The van der Waals surface area contributed by atoms with Gasteiger partial charge in [-0.3, -0.25) is 4.79 Å². The standard InChI is InChI=1S/C16H18F3N3O/c1-4-11-13(10-7-8-20-21-9-10)12(5-2)22(6-3)15(23)14(11)16(17,18)19/h7-9H,4-6H2,1-3H3. The summed E-state index contributed by atoms with van der Waals surface area (Å²) >= 11 is 0. The molecule has 0 fully saturated rings. The number of halogens is 3. The van der Waals surface area contributed by atoms with E-state index in [-0.39, 0.29) is 18.5 Å².